The second kappa shape index (κ2) is 9.06. The van der Waals surface area contributed by atoms with Crippen molar-refractivity contribution in [3.63, 3.8) is 0 Å². The van der Waals surface area contributed by atoms with E-state index >= 15 is 0 Å². The number of carbonyl (C=O) groups is 1. The fourth-order valence-electron chi connectivity index (χ4n) is 3.10. The van der Waals surface area contributed by atoms with Crippen molar-refractivity contribution in [3.8, 4) is 11.5 Å². The molecule has 3 aromatic rings. The van der Waals surface area contributed by atoms with Gasteiger partial charge in [-0.1, -0.05) is 23.9 Å². The van der Waals surface area contributed by atoms with Crippen LogP contribution in [0.25, 0.3) is 11.5 Å². The van der Waals surface area contributed by atoms with E-state index < -0.39 is 0 Å². The molecule has 1 fully saturated rings. The van der Waals surface area contributed by atoms with Crippen LogP contribution in [0, 0.1) is 0 Å². The van der Waals surface area contributed by atoms with Gasteiger partial charge in [0.25, 0.3) is 5.22 Å². The van der Waals surface area contributed by atoms with Crippen molar-refractivity contribution in [1.82, 2.24) is 20.1 Å². The summed E-state index contributed by atoms with van der Waals surface area (Å²) in [6.07, 6.45) is 3.33. The van der Waals surface area contributed by atoms with E-state index in [1.165, 1.54) is 11.8 Å². The molecule has 0 spiro atoms. The van der Waals surface area contributed by atoms with E-state index in [1.54, 1.807) is 24.5 Å². The normalized spacial score (nSPS) is 14.7. The summed E-state index contributed by atoms with van der Waals surface area (Å²) in [6, 6.07) is 11.5. The van der Waals surface area contributed by atoms with Crippen LogP contribution < -0.4 is 10.2 Å². The average Bonchev–Trinajstić information content (AvgIpc) is 3.23. The molecule has 1 aromatic carbocycles. The molecule has 1 saturated heterocycles. The second-order valence-corrected chi connectivity index (χ2v) is 7.68. The van der Waals surface area contributed by atoms with Gasteiger partial charge in [-0.05, 0) is 31.3 Å². The molecule has 0 unspecified atom stereocenters. The number of amides is 1. The topological polar surface area (TPSA) is 87.4 Å². The summed E-state index contributed by atoms with van der Waals surface area (Å²) in [6.45, 7) is 3.90. The van der Waals surface area contributed by atoms with Crippen LogP contribution >= 0.6 is 11.8 Å². The first kappa shape index (κ1) is 19.4. The van der Waals surface area contributed by atoms with Gasteiger partial charge in [-0.3, -0.25) is 9.78 Å². The molecule has 29 heavy (non-hydrogen) atoms. The van der Waals surface area contributed by atoms with Crippen molar-refractivity contribution in [2.24, 2.45) is 0 Å². The third kappa shape index (κ3) is 4.93. The Labute approximate surface area is 173 Å². The molecule has 8 nitrogen and oxygen atoms in total. The molecule has 0 atom stereocenters. The number of nitrogens with zero attached hydrogens (tertiary/aromatic N) is 5. The highest BCUT2D eigenvalue weighted by Crippen LogP contribution is 2.27. The molecule has 0 aliphatic carbocycles. The van der Waals surface area contributed by atoms with Gasteiger partial charge in [0.15, 0.2) is 0 Å². The fraction of sp³-hybridized carbons (Fsp3) is 0.300. The molecule has 1 aliphatic rings. The monoisotopic (exact) mass is 410 g/mol. The molecule has 1 aliphatic heterocycles. The third-order valence-electron chi connectivity index (χ3n) is 4.68. The number of rotatable bonds is 6. The van der Waals surface area contributed by atoms with Crippen molar-refractivity contribution < 1.29 is 9.21 Å². The van der Waals surface area contributed by atoms with Gasteiger partial charge in [-0.25, -0.2) is 0 Å². The first-order valence-electron chi connectivity index (χ1n) is 9.38. The van der Waals surface area contributed by atoms with Crippen molar-refractivity contribution in [2.45, 2.75) is 5.22 Å². The molecular formula is C20H22N6O2S. The summed E-state index contributed by atoms with van der Waals surface area (Å²) < 4.78 is 5.62. The molecule has 0 saturated carbocycles. The van der Waals surface area contributed by atoms with Crippen molar-refractivity contribution in [2.75, 3.05) is 49.2 Å². The maximum atomic E-state index is 12.5. The first-order chi connectivity index (χ1) is 14.2. The lowest BCUT2D eigenvalue weighted by molar-refractivity contribution is -0.113. The first-order valence-corrected chi connectivity index (χ1v) is 10.4. The Morgan fingerprint density at radius 2 is 1.86 bits per heavy atom. The quantitative estimate of drug-likeness (QED) is 0.621. The highest BCUT2D eigenvalue weighted by atomic mass is 32.2. The molecule has 150 valence electrons. The lowest BCUT2D eigenvalue weighted by Crippen LogP contribution is -2.44. The number of hydrogen-bond acceptors (Lipinski definition) is 8. The molecule has 2 aromatic heterocycles. The van der Waals surface area contributed by atoms with Crippen molar-refractivity contribution in [3.05, 3.63) is 48.8 Å². The predicted molar refractivity (Wildman–Crippen MR) is 113 cm³/mol. The van der Waals surface area contributed by atoms with Crippen LogP contribution in [0.4, 0.5) is 11.4 Å². The Morgan fingerprint density at radius 3 is 2.66 bits per heavy atom. The number of nitrogens with one attached hydrogen (secondary N) is 1. The molecule has 4 rings (SSSR count). The molecule has 1 amide bonds. The minimum Gasteiger partial charge on any atom is -0.411 e. The lowest BCUT2D eigenvalue weighted by atomic mass is 10.2. The Hall–Kier alpha value is -2.91. The zero-order valence-electron chi connectivity index (χ0n) is 16.1. The van der Waals surface area contributed by atoms with Gasteiger partial charge < -0.3 is 19.5 Å². The van der Waals surface area contributed by atoms with Crippen LogP contribution in [0.15, 0.2) is 58.4 Å². The van der Waals surface area contributed by atoms with Gasteiger partial charge in [-0.15, -0.1) is 10.2 Å². The van der Waals surface area contributed by atoms with Crippen LogP contribution in [0.1, 0.15) is 0 Å². The van der Waals surface area contributed by atoms with Crippen LogP contribution in [-0.2, 0) is 4.79 Å². The minimum absolute atomic E-state index is 0.111. The predicted octanol–water partition coefficient (Wildman–Crippen LogP) is 2.61. The number of pyridine rings is 1. The minimum atomic E-state index is -0.111. The Kier molecular flexibility index (Phi) is 6.06. The molecule has 3 heterocycles. The van der Waals surface area contributed by atoms with Crippen LogP contribution in [0.2, 0.25) is 0 Å². The maximum absolute atomic E-state index is 12.5. The van der Waals surface area contributed by atoms with Gasteiger partial charge in [0.05, 0.1) is 17.1 Å². The Bertz CT molecular complexity index is 956. The second-order valence-electron chi connectivity index (χ2n) is 6.75. The molecule has 1 N–H and O–H groups in total. The molecule has 0 bridgehead atoms. The maximum Gasteiger partial charge on any atom is 0.277 e. The van der Waals surface area contributed by atoms with Crippen molar-refractivity contribution in [1.29, 1.82) is 0 Å². The van der Waals surface area contributed by atoms with E-state index in [0.29, 0.717) is 11.1 Å². The summed E-state index contributed by atoms with van der Waals surface area (Å²) >= 11 is 1.22. The standard InChI is InChI=1S/C20H22N6O2S/c1-25-10-12-26(13-11-25)17-5-3-2-4-16(17)22-18(27)14-29-20-24-23-19(28-20)15-6-8-21-9-7-15/h2-9H,10-14H2,1H3,(H,22,27). The largest absolute Gasteiger partial charge is 0.411 e. The Morgan fingerprint density at radius 1 is 1.10 bits per heavy atom. The summed E-state index contributed by atoms with van der Waals surface area (Å²) in [5, 5.41) is 11.4. The SMILES string of the molecule is CN1CCN(c2ccccc2NC(=O)CSc2nnc(-c3ccncc3)o2)CC1. The number of thioether (sulfide) groups is 1. The zero-order valence-corrected chi connectivity index (χ0v) is 16.9. The summed E-state index contributed by atoms with van der Waals surface area (Å²) in [5.41, 5.74) is 2.67. The van der Waals surface area contributed by atoms with E-state index in [4.69, 9.17) is 4.42 Å². The summed E-state index contributed by atoms with van der Waals surface area (Å²) in [4.78, 5) is 21.1. The van der Waals surface area contributed by atoms with Gasteiger partial charge in [0.1, 0.15) is 0 Å². The number of para-hydroxylation sites is 2. The number of anilines is 2. The molecule has 9 heteroatoms. The number of piperazine rings is 1. The number of aromatic nitrogens is 3. The highest BCUT2D eigenvalue weighted by molar-refractivity contribution is 7.99. The van der Waals surface area contributed by atoms with Gasteiger partial charge >= 0.3 is 0 Å². The highest BCUT2D eigenvalue weighted by Gasteiger charge is 2.18. The van der Waals surface area contributed by atoms with E-state index in [-0.39, 0.29) is 11.7 Å². The zero-order chi connectivity index (χ0) is 20.1. The van der Waals surface area contributed by atoms with E-state index in [9.17, 15) is 4.79 Å². The lowest BCUT2D eigenvalue weighted by Gasteiger charge is -2.35. The summed E-state index contributed by atoms with van der Waals surface area (Å²) in [7, 11) is 2.12. The van der Waals surface area contributed by atoms with Gasteiger partial charge in [0, 0.05) is 44.1 Å². The Balaban J connectivity index is 1.35. The number of hydrogen-bond donors (Lipinski definition) is 1. The van der Waals surface area contributed by atoms with Gasteiger partial charge in [0.2, 0.25) is 11.8 Å². The fourth-order valence-corrected chi connectivity index (χ4v) is 3.66. The van der Waals surface area contributed by atoms with E-state index in [0.717, 1.165) is 43.1 Å². The van der Waals surface area contributed by atoms with Crippen LogP contribution in [-0.4, -0.2) is 65.0 Å². The average molecular weight is 411 g/mol. The van der Waals surface area contributed by atoms with E-state index in [2.05, 4.69) is 37.3 Å². The molecular weight excluding hydrogens is 388 g/mol. The number of likely N-dealkylation sites (N-methyl/N-ethyl adjacent to an activating group) is 1. The molecule has 0 radical (unpaired) electrons. The smallest absolute Gasteiger partial charge is 0.277 e. The third-order valence-corrected chi connectivity index (χ3v) is 5.50. The summed E-state index contributed by atoms with van der Waals surface area (Å²) in [5.74, 6) is 0.491. The van der Waals surface area contributed by atoms with Crippen LogP contribution in [0.3, 0.4) is 0 Å². The van der Waals surface area contributed by atoms with Gasteiger partial charge in [-0.2, -0.15) is 0 Å². The number of benzene rings is 1. The van der Waals surface area contributed by atoms with Crippen molar-refractivity contribution >= 4 is 29.0 Å². The number of carbonyl (C=O) groups excluding carboxylic acids is 1. The van der Waals surface area contributed by atoms with Crippen LogP contribution in [0.5, 0.6) is 0 Å². The van der Waals surface area contributed by atoms with E-state index in [1.807, 2.05) is 24.3 Å².